The lowest BCUT2D eigenvalue weighted by molar-refractivity contribution is -0.137. The summed E-state index contributed by atoms with van der Waals surface area (Å²) in [6.45, 7) is 1.94. The van der Waals surface area contributed by atoms with Crippen molar-refractivity contribution in [1.29, 1.82) is 0 Å². The van der Waals surface area contributed by atoms with E-state index < -0.39 is 17.8 Å². The molecule has 0 bridgehead atoms. The van der Waals surface area contributed by atoms with Gasteiger partial charge in [-0.2, -0.15) is 13.2 Å². The summed E-state index contributed by atoms with van der Waals surface area (Å²) in [6, 6.07) is 16.9. The van der Waals surface area contributed by atoms with Gasteiger partial charge in [0, 0.05) is 27.9 Å². The van der Waals surface area contributed by atoms with Gasteiger partial charge < -0.3 is 5.32 Å². The number of anilines is 1. The van der Waals surface area contributed by atoms with Crippen LogP contribution in [-0.2, 0) is 6.18 Å². The van der Waals surface area contributed by atoms with Gasteiger partial charge in [0.2, 0.25) is 0 Å². The fourth-order valence-electron chi connectivity index (χ4n) is 3.77. The van der Waals surface area contributed by atoms with E-state index in [0.717, 1.165) is 34.4 Å². The number of carbonyl (C=O) groups is 1. The van der Waals surface area contributed by atoms with Gasteiger partial charge in [0.15, 0.2) is 0 Å². The molecule has 0 spiro atoms. The highest BCUT2D eigenvalue weighted by molar-refractivity contribution is 6.36. The van der Waals surface area contributed by atoms with Crippen LogP contribution in [0.3, 0.4) is 0 Å². The van der Waals surface area contributed by atoms with Crippen LogP contribution in [0.1, 0.15) is 18.1 Å². The maximum Gasteiger partial charge on any atom is 0.416 e. The smallest absolute Gasteiger partial charge is 0.333 e. The first-order valence-corrected chi connectivity index (χ1v) is 10.4. The average Bonchev–Trinajstić information content (AvgIpc) is 2.74. The Morgan fingerprint density at radius 1 is 0.906 bits per heavy atom. The van der Waals surface area contributed by atoms with E-state index in [1.54, 1.807) is 19.1 Å². The van der Waals surface area contributed by atoms with E-state index in [9.17, 15) is 18.0 Å². The molecule has 1 N–H and O–H groups in total. The van der Waals surface area contributed by atoms with E-state index in [1.165, 1.54) is 17.0 Å². The minimum Gasteiger partial charge on any atom is -0.333 e. The molecule has 3 aromatic carbocycles. The molecule has 3 aromatic rings. The van der Waals surface area contributed by atoms with Gasteiger partial charge in [-0.25, -0.2) is 4.79 Å². The summed E-state index contributed by atoms with van der Waals surface area (Å²) in [5.41, 5.74) is 3.00. The quantitative estimate of drug-likeness (QED) is 0.413. The zero-order valence-electron chi connectivity index (χ0n) is 16.8. The largest absolute Gasteiger partial charge is 0.416 e. The molecule has 0 saturated heterocycles. The molecular weight excluding hydrogens is 460 g/mol. The second kappa shape index (κ2) is 8.52. The summed E-state index contributed by atoms with van der Waals surface area (Å²) in [4.78, 5) is 13.9. The maximum atomic E-state index is 13.2. The van der Waals surface area contributed by atoms with Gasteiger partial charge >= 0.3 is 12.2 Å². The molecule has 8 heteroatoms. The predicted octanol–water partition coefficient (Wildman–Crippen LogP) is 7.64. The number of alkyl halides is 3. The first-order chi connectivity index (χ1) is 15.2. The molecule has 0 unspecified atom stereocenters. The third-order valence-corrected chi connectivity index (χ3v) is 5.84. The van der Waals surface area contributed by atoms with E-state index in [1.807, 2.05) is 30.3 Å². The average molecular weight is 477 g/mol. The molecule has 164 valence electrons. The monoisotopic (exact) mass is 476 g/mol. The number of hydrogen-bond acceptors (Lipinski definition) is 1. The van der Waals surface area contributed by atoms with Gasteiger partial charge in [0.05, 0.1) is 11.3 Å². The van der Waals surface area contributed by atoms with Crippen LogP contribution in [0.4, 0.5) is 23.7 Å². The van der Waals surface area contributed by atoms with Crippen molar-refractivity contribution in [2.45, 2.75) is 13.1 Å². The van der Waals surface area contributed by atoms with E-state index in [2.05, 4.69) is 5.32 Å². The third-order valence-electron chi connectivity index (χ3n) is 5.30. The molecule has 0 fully saturated rings. The number of halogens is 5. The first kappa shape index (κ1) is 22.2. The minimum absolute atomic E-state index is 0.133. The lowest BCUT2D eigenvalue weighted by atomic mass is 9.92. The van der Waals surface area contributed by atoms with Crippen LogP contribution in [0.15, 0.2) is 72.4 Å². The Kier molecular flexibility index (Phi) is 5.93. The minimum atomic E-state index is -4.51. The summed E-state index contributed by atoms with van der Waals surface area (Å²) in [5.74, 6) is 0. The summed E-state index contributed by atoms with van der Waals surface area (Å²) in [5, 5.41) is 3.74. The Morgan fingerprint density at radius 3 is 2.31 bits per heavy atom. The Hall–Kier alpha value is -2.96. The molecule has 1 heterocycles. The SMILES string of the molecule is CC1=C(c2ccccc2-c2ccc(Cl)cc2Cl)CNC(=O)N1c1cccc(C(F)(F)F)c1. The number of amides is 2. The number of urea groups is 1. The summed E-state index contributed by atoms with van der Waals surface area (Å²) in [7, 11) is 0. The van der Waals surface area contributed by atoms with Gasteiger partial charge in [-0.15, -0.1) is 0 Å². The molecule has 1 aliphatic heterocycles. The molecule has 2 amide bonds. The van der Waals surface area contributed by atoms with Crippen LogP contribution >= 0.6 is 23.2 Å². The summed E-state index contributed by atoms with van der Waals surface area (Å²) in [6.07, 6.45) is -4.51. The number of hydrogen-bond donors (Lipinski definition) is 1. The van der Waals surface area contributed by atoms with Gasteiger partial charge in [-0.1, -0.05) is 59.6 Å². The van der Waals surface area contributed by atoms with E-state index in [-0.39, 0.29) is 12.2 Å². The number of nitrogens with zero attached hydrogens (tertiary/aromatic N) is 1. The number of carbonyl (C=O) groups excluding carboxylic acids is 1. The zero-order valence-corrected chi connectivity index (χ0v) is 18.3. The number of benzene rings is 3. The lowest BCUT2D eigenvalue weighted by Gasteiger charge is -2.32. The second-order valence-corrected chi connectivity index (χ2v) is 8.12. The number of rotatable bonds is 3. The van der Waals surface area contributed by atoms with Crippen molar-refractivity contribution in [3.8, 4) is 11.1 Å². The van der Waals surface area contributed by atoms with Gasteiger partial charge in [0.1, 0.15) is 0 Å². The highest BCUT2D eigenvalue weighted by atomic mass is 35.5. The van der Waals surface area contributed by atoms with Crippen molar-refractivity contribution in [3.63, 3.8) is 0 Å². The van der Waals surface area contributed by atoms with Gasteiger partial charge in [0.25, 0.3) is 0 Å². The molecule has 0 radical (unpaired) electrons. The maximum absolute atomic E-state index is 13.2. The highest BCUT2D eigenvalue weighted by Gasteiger charge is 2.33. The van der Waals surface area contributed by atoms with Crippen molar-refractivity contribution in [2.24, 2.45) is 0 Å². The normalized spacial score (nSPS) is 14.6. The van der Waals surface area contributed by atoms with E-state index >= 15 is 0 Å². The van der Waals surface area contributed by atoms with Crippen LogP contribution in [0, 0.1) is 0 Å². The first-order valence-electron chi connectivity index (χ1n) is 9.66. The Bertz CT molecular complexity index is 1240. The molecule has 0 saturated carbocycles. The van der Waals surface area contributed by atoms with Gasteiger partial charge in [-0.3, -0.25) is 4.90 Å². The molecule has 0 aliphatic carbocycles. The van der Waals surface area contributed by atoms with Crippen molar-refractivity contribution in [2.75, 3.05) is 11.4 Å². The fraction of sp³-hybridized carbons (Fsp3) is 0.125. The third kappa shape index (κ3) is 4.20. The zero-order chi connectivity index (χ0) is 23.0. The van der Waals surface area contributed by atoms with E-state index in [4.69, 9.17) is 23.2 Å². The van der Waals surface area contributed by atoms with Crippen LogP contribution in [0.5, 0.6) is 0 Å². The van der Waals surface area contributed by atoms with Crippen molar-refractivity contribution in [3.05, 3.63) is 93.6 Å². The van der Waals surface area contributed by atoms with Crippen LogP contribution < -0.4 is 10.2 Å². The highest BCUT2D eigenvalue weighted by Crippen LogP contribution is 2.39. The number of nitrogens with one attached hydrogen (secondary N) is 1. The fourth-order valence-corrected chi connectivity index (χ4v) is 4.28. The molecule has 3 nitrogen and oxygen atoms in total. The number of allylic oxidation sites excluding steroid dienone is 1. The Balaban J connectivity index is 1.85. The van der Waals surface area contributed by atoms with Gasteiger partial charge in [-0.05, 0) is 54.0 Å². The topological polar surface area (TPSA) is 32.3 Å². The summed E-state index contributed by atoms with van der Waals surface area (Å²) < 4.78 is 39.7. The molecule has 1 aliphatic rings. The van der Waals surface area contributed by atoms with Crippen LogP contribution in [0.2, 0.25) is 10.0 Å². The Morgan fingerprint density at radius 2 is 1.62 bits per heavy atom. The molecule has 0 atom stereocenters. The van der Waals surface area contributed by atoms with Crippen molar-refractivity contribution < 1.29 is 18.0 Å². The van der Waals surface area contributed by atoms with E-state index in [0.29, 0.717) is 15.7 Å². The lowest BCUT2D eigenvalue weighted by Crippen LogP contribution is -2.44. The van der Waals surface area contributed by atoms with Crippen LogP contribution in [0.25, 0.3) is 16.7 Å². The molecule has 4 rings (SSSR count). The van der Waals surface area contributed by atoms with Crippen LogP contribution in [-0.4, -0.2) is 12.6 Å². The second-order valence-electron chi connectivity index (χ2n) is 7.28. The molecule has 0 aromatic heterocycles. The predicted molar refractivity (Wildman–Crippen MR) is 122 cm³/mol. The molecular formula is C24H17Cl2F3N2O. The van der Waals surface area contributed by atoms with Crippen molar-refractivity contribution in [1.82, 2.24) is 5.32 Å². The standard InChI is InChI=1S/C24H17Cl2F3N2O/c1-14-21(19-8-3-2-7-18(19)20-10-9-16(25)12-22(20)26)13-30-23(32)31(14)17-6-4-5-15(11-17)24(27,28)29/h2-12H,13H2,1H3,(H,30,32). The Labute approximate surface area is 193 Å². The summed E-state index contributed by atoms with van der Waals surface area (Å²) >= 11 is 12.5. The molecule has 32 heavy (non-hydrogen) atoms. The van der Waals surface area contributed by atoms with Crippen molar-refractivity contribution >= 4 is 40.5 Å².